The van der Waals surface area contributed by atoms with Gasteiger partial charge in [-0.25, -0.2) is 0 Å². The Morgan fingerprint density at radius 3 is 3.00 bits per heavy atom. The van der Waals surface area contributed by atoms with E-state index in [-0.39, 0.29) is 12.7 Å². The molecule has 134 valence electrons. The molecule has 1 aromatic carbocycles. The fraction of sp³-hybridized carbons (Fsp3) is 0.211. The number of hydrogen-bond acceptors (Lipinski definition) is 4. The highest BCUT2D eigenvalue weighted by Gasteiger charge is 2.18. The van der Waals surface area contributed by atoms with Gasteiger partial charge < -0.3 is 19.4 Å². The zero-order valence-corrected chi connectivity index (χ0v) is 16.5. The Morgan fingerprint density at radius 1 is 1.31 bits per heavy atom. The van der Waals surface area contributed by atoms with Crippen LogP contribution in [0.4, 0.5) is 0 Å². The van der Waals surface area contributed by atoms with E-state index < -0.39 is 0 Å². The lowest BCUT2D eigenvalue weighted by atomic mass is 10.2. The maximum atomic E-state index is 12.8. The van der Waals surface area contributed by atoms with Gasteiger partial charge in [0.2, 0.25) is 6.79 Å². The van der Waals surface area contributed by atoms with Crippen molar-refractivity contribution in [1.29, 1.82) is 0 Å². The molecule has 3 aromatic rings. The van der Waals surface area contributed by atoms with Crippen molar-refractivity contribution in [2.75, 3.05) is 6.79 Å². The van der Waals surface area contributed by atoms with Gasteiger partial charge in [0.1, 0.15) is 5.69 Å². The molecule has 5 nitrogen and oxygen atoms in total. The Bertz CT molecular complexity index is 1010. The molecule has 0 saturated carbocycles. The maximum Gasteiger partial charge on any atom is 0.268 e. The lowest BCUT2D eigenvalue weighted by molar-refractivity contribution is 0.0942. The van der Waals surface area contributed by atoms with Gasteiger partial charge in [0.05, 0.1) is 14.0 Å². The number of thiophene rings is 1. The van der Waals surface area contributed by atoms with Crippen LogP contribution in [0.1, 0.15) is 23.0 Å². The zero-order valence-electron chi connectivity index (χ0n) is 14.1. The standard InChI is InChI=1S/C19H17BrN2O3S/c1-2-3-6-22-13-9-18(20)26-17(13)8-14(22)19(23)21-10-12-4-5-15-16(7-12)25-11-24-15/h2-5,7-9H,6,10-11H2,1H3,(H,21,23)/b3-2+. The first-order chi connectivity index (χ1) is 12.7. The third kappa shape index (κ3) is 3.24. The Labute approximate surface area is 163 Å². The molecule has 4 rings (SSSR count). The first-order valence-corrected chi connectivity index (χ1v) is 9.83. The van der Waals surface area contributed by atoms with Crippen molar-refractivity contribution in [2.24, 2.45) is 0 Å². The molecule has 0 saturated heterocycles. The summed E-state index contributed by atoms with van der Waals surface area (Å²) in [7, 11) is 0. The minimum Gasteiger partial charge on any atom is -0.454 e. The lowest BCUT2D eigenvalue weighted by Crippen LogP contribution is -2.25. The van der Waals surface area contributed by atoms with Crippen LogP contribution in [0.5, 0.6) is 11.5 Å². The number of halogens is 1. The number of fused-ring (bicyclic) bond motifs is 2. The number of benzene rings is 1. The van der Waals surface area contributed by atoms with Crippen molar-refractivity contribution in [3.63, 3.8) is 0 Å². The van der Waals surface area contributed by atoms with Crippen LogP contribution in [0.3, 0.4) is 0 Å². The van der Waals surface area contributed by atoms with Crippen LogP contribution in [-0.4, -0.2) is 17.3 Å². The molecular formula is C19H17BrN2O3S. The van der Waals surface area contributed by atoms with E-state index in [1.165, 1.54) is 0 Å². The predicted molar refractivity (Wildman–Crippen MR) is 106 cm³/mol. The minimum absolute atomic E-state index is 0.0910. The molecule has 1 N–H and O–H groups in total. The number of rotatable bonds is 5. The van der Waals surface area contributed by atoms with Crippen LogP contribution in [-0.2, 0) is 13.1 Å². The van der Waals surface area contributed by atoms with Crippen LogP contribution in [0, 0.1) is 0 Å². The number of hydrogen-bond donors (Lipinski definition) is 1. The number of nitrogens with one attached hydrogen (secondary N) is 1. The number of amides is 1. The van der Waals surface area contributed by atoms with Crippen molar-refractivity contribution in [2.45, 2.75) is 20.0 Å². The maximum absolute atomic E-state index is 12.8. The smallest absolute Gasteiger partial charge is 0.268 e. The highest BCUT2D eigenvalue weighted by atomic mass is 79.9. The van der Waals surface area contributed by atoms with Crippen molar-refractivity contribution in [3.8, 4) is 11.5 Å². The average Bonchev–Trinajstić information content (AvgIpc) is 3.31. The van der Waals surface area contributed by atoms with Gasteiger partial charge >= 0.3 is 0 Å². The van der Waals surface area contributed by atoms with Crippen LogP contribution in [0.25, 0.3) is 10.2 Å². The van der Waals surface area contributed by atoms with Crippen LogP contribution in [0.2, 0.25) is 0 Å². The third-order valence-electron chi connectivity index (χ3n) is 4.21. The fourth-order valence-electron chi connectivity index (χ4n) is 2.93. The Morgan fingerprint density at radius 2 is 2.15 bits per heavy atom. The quantitative estimate of drug-likeness (QED) is 0.594. The second-order valence-corrected chi connectivity index (χ2v) is 8.34. The minimum atomic E-state index is -0.0910. The van der Waals surface area contributed by atoms with Gasteiger partial charge in [-0.15, -0.1) is 11.3 Å². The van der Waals surface area contributed by atoms with Gasteiger partial charge in [-0.3, -0.25) is 4.79 Å². The summed E-state index contributed by atoms with van der Waals surface area (Å²) < 4.78 is 14.9. The highest BCUT2D eigenvalue weighted by Crippen LogP contribution is 2.33. The summed E-state index contributed by atoms with van der Waals surface area (Å²) in [5.74, 6) is 1.37. The number of carbonyl (C=O) groups excluding carboxylic acids is 1. The van der Waals surface area contributed by atoms with Gasteiger partial charge in [-0.05, 0) is 52.7 Å². The molecule has 26 heavy (non-hydrogen) atoms. The molecule has 1 aliphatic heterocycles. The van der Waals surface area contributed by atoms with Crippen molar-refractivity contribution in [3.05, 3.63) is 57.5 Å². The van der Waals surface area contributed by atoms with E-state index in [1.54, 1.807) is 11.3 Å². The summed E-state index contributed by atoms with van der Waals surface area (Å²) in [4.78, 5) is 12.8. The third-order valence-corrected chi connectivity index (χ3v) is 5.78. The van der Waals surface area contributed by atoms with Gasteiger partial charge in [0, 0.05) is 13.1 Å². The van der Waals surface area contributed by atoms with E-state index in [4.69, 9.17) is 9.47 Å². The highest BCUT2D eigenvalue weighted by molar-refractivity contribution is 9.11. The Hall–Kier alpha value is -2.25. The largest absolute Gasteiger partial charge is 0.454 e. The predicted octanol–water partition coefficient (Wildman–Crippen LogP) is 4.70. The summed E-state index contributed by atoms with van der Waals surface area (Å²) >= 11 is 5.15. The molecule has 1 aliphatic rings. The van der Waals surface area contributed by atoms with Gasteiger partial charge in [-0.1, -0.05) is 18.2 Å². The topological polar surface area (TPSA) is 52.5 Å². The lowest BCUT2D eigenvalue weighted by Gasteiger charge is -2.09. The second kappa shape index (κ2) is 7.17. The summed E-state index contributed by atoms with van der Waals surface area (Å²) in [6, 6.07) is 9.70. The molecule has 0 spiro atoms. The number of aromatic nitrogens is 1. The number of carbonyl (C=O) groups is 1. The normalized spacial score (nSPS) is 13.0. The second-order valence-electron chi connectivity index (χ2n) is 5.88. The van der Waals surface area contributed by atoms with E-state index in [1.807, 2.05) is 47.9 Å². The van der Waals surface area contributed by atoms with Gasteiger partial charge in [0.15, 0.2) is 11.5 Å². The molecule has 7 heteroatoms. The van der Waals surface area contributed by atoms with E-state index in [9.17, 15) is 4.79 Å². The fourth-order valence-corrected chi connectivity index (χ4v) is 4.50. The molecule has 0 atom stereocenters. The zero-order chi connectivity index (χ0) is 18.1. The first-order valence-electron chi connectivity index (χ1n) is 8.22. The van der Waals surface area contributed by atoms with E-state index in [0.717, 1.165) is 31.1 Å². The molecule has 0 unspecified atom stereocenters. The first kappa shape index (κ1) is 17.2. The molecule has 1 amide bonds. The van der Waals surface area contributed by atoms with Crippen LogP contribution < -0.4 is 14.8 Å². The van der Waals surface area contributed by atoms with Gasteiger partial charge in [0.25, 0.3) is 5.91 Å². The number of allylic oxidation sites excluding steroid dienone is 2. The summed E-state index contributed by atoms with van der Waals surface area (Å²) in [5, 5.41) is 3.00. The number of nitrogens with zero attached hydrogens (tertiary/aromatic N) is 1. The van der Waals surface area contributed by atoms with Crippen molar-refractivity contribution < 1.29 is 14.3 Å². The Kier molecular flexibility index (Phi) is 4.74. The summed E-state index contributed by atoms with van der Waals surface area (Å²) in [6.45, 7) is 3.32. The summed E-state index contributed by atoms with van der Waals surface area (Å²) in [5.41, 5.74) is 2.70. The van der Waals surface area contributed by atoms with Crippen LogP contribution in [0.15, 0.2) is 46.3 Å². The molecular weight excluding hydrogens is 416 g/mol. The van der Waals surface area contributed by atoms with Crippen molar-refractivity contribution >= 4 is 43.4 Å². The summed E-state index contributed by atoms with van der Waals surface area (Å²) in [6.07, 6.45) is 4.03. The molecule has 3 heterocycles. The Balaban J connectivity index is 1.54. The molecule has 2 aromatic heterocycles. The number of ether oxygens (including phenoxy) is 2. The average molecular weight is 433 g/mol. The van der Waals surface area contributed by atoms with E-state index in [2.05, 4.69) is 27.3 Å². The molecule has 0 bridgehead atoms. The van der Waals surface area contributed by atoms with Gasteiger partial charge in [-0.2, -0.15) is 0 Å². The molecule has 0 aliphatic carbocycles. The monoisotopic (exact) mass is 432 g/mol. The van der Waals surface area contributed by atoms with E-state index in [0.29, 0.717) is 18.8 Å². The molecule has 0 fully saturated rings. The van der Waals surface area contributed by atoms with E-state index >= 15 is 0 Å². The SMILES string of the molecule is C/C=C/Cn1c(C(=O)NCc2ccc3c(c2)OCO3)cc2sc(Br)cc21. The van der Waals surface area contributed by atoms with Crippen LogP contribution >= 0.6 is 27.3 Å². The molecule has 0 radical (unpaired) electrons. The van der Waals surface area contributed by atoms with Crippen molar-refractivity contribution in [1.82, 2.24) is 9.88 Å².